The lowest BCUT2D eigenvalue weighted by Crippen LogP contribution is -2.38. The summed E-state index contributed by atoms with van der Waals surface area (Å²) in [6.07, 6.45) is 0. The lowest BCUT2D eigenvalue weighted by molar-refractivity contribution is -0.0426. The van der Waals surface area contributed by atoms with Crippen LogP contribution in [0.15, 0.2) is 0 Å². The van der Waals surface area contributed by atoms with Crippen LogP contribution in [-0.4, -0.2) is 24.8 Å². The molecule has 0 spiro atoms. The van der Waals surface area contributed by atoms with Crippen molar-refractivity contribution in [3.05, 3.63) is 0 Å². The van der Waals surface area contributed by atoms with Gasteiger partial charge in [0.05, 0.1) is 12.2 Å². The summed E-state index contributed by atoms with van der Waals surface area (Å²) in [7, 11) is 0. The van der Waals surface area contributed by atoms with E-state index in [1.165, 1.54) is 0 Å². The molecule has 0 aromatic heterocycles. The van der Waals surface area contributed by atoms with Crippen molar-refractivity contribution >= 4 is 0 Å². The van der Waals surface area contributed by atoms with Gasteiger partial charge >= 0.3 is 0 Å². The molecular weight excluding hydrogens is 174 g/mol. The van der Waals surface area contributed by atoms with E-state index in [0.29, 0.717) is 6.04 Å². The van der Waals surface area contributed by atoms with Gasteiger partial charge in [0.15, 0.2) is 0 Å². The molecule has 0 saturated heterocycles. The van der Waals surface area contributed by atoms with Gasteiger partial charge in [-0.25, -0.2) is 0 Å². The van der Waals surface area contributed by atoms with Gasteiger partial charge in [-0.2, -0.15) is 0 Å². The van der Waals surface area contributed by atoms with Gasteiger partial charge in [-0.1, -0.05) is 27.7 Å². The van der Waals surface area contributed by atoms with Crippen LogP contribution in [0, 0.1) is 5.41 Å². The highest BCUT2D eigenvalue weighted by Gasteiger charge is 2.21. The van der Waals surface area contributed by atoms with E-state index < -0.39 is 0 Å². The number of ether oxygens (including phenoxy) is 1. The van der Waals surface area contributed by atoms with Gasteiger partial charge in [0, 0.05) is 18.0 Å². The average molecular weight is 201 g/mol. The fraction of sp³-hybridized carbons (Fsp3) is 1.00. The largest absolute Gasteiger partial charge is 0.375 e. The molecule has 0 radical (unpaired) electrons. The van der Waals surface area contributed by atoms with Crippen LogP contribution in [0.1, 0.15) is 48.5 Å². The molecule has 0 aromatic rings. The standard InChI is InChI=1S/C12H27NO/c1-10(2)13-8-12(6,7)9-14-11(3,4)5/h10,13H,8-9H2,1-7H3. The Labute approximate surface area is 89.4 Å². The van der Waals surface area contributed by atoms with Crippen molar-refractivity contribution in [2.24, 2.45) is 5.41 Å². The Bertz CT molecular complexity index is 156. The van der Waals surface area contributed by atoms with Gasteiger partial charge in [-0.3, -0.25) is 0 Å². The van der Waals surface area contributed by atoms with Crippen LogP contribution in [0.3, 0.4) is 0 Å². The van der Waals surface area contributed by atoms with E-state index in [9.17, 15) is 0 Å². The van der Waals surface area contributed by atoms with Gasteiger partial charge in [0.2, 0.25) is 0 Å². The highest BCUT2D eigenvalue weighted by Crippen LogP contribution is 2.18. The van der Waals surface area contributed by atoms with Crippen LogP contribution in [-0.2, 0) is 4.74 Å². The lowest BCUT2D eigenvalue weighted by Gasteiger charge is -2.30. The predicted octanol–water partition coefficient (Wildman–Crippen LogP) is 2.83. The van der Waals surface area contributed by atoms with Gasteiger partial charge < -0.3 is 10.1 Å². The smallest absolute Gasteiger partial charge is 0.0598 e. The molecule has 0 amide bonds. The molecule has 0 saturated carbocycles. The Hall–Kier alpha value is -0.0800. The molecule has 0 aliphatic rings. The first-order valence-electron chi connectivity index (χ1n) is 5.50. The second-order valence-corrected chi connectivity index (χ2v) is 6.10. The van der Waals surface area contributed by atoms with Crippen LogP contribution < -0.4 is 5.32 Å². The summed E-state index contributed by atoms with van der Waals surface area (Å²) in [5.74, 6) is 0. The fourth-order valence-electron chi connectivity index (χ4n) is 0.943. The minimum absolute atomic E-state index is 0.0326. The van der Waals surface area contributed by atoms with Crippen LogP contribution in [0.5, 0.6) is 0 Å². The van der Waals surface area contributed by atoms with E-state index in [4.69, 9.17) is 4.74 Å². The van der Waals surface area contributed by atoms with Gasteiger partial charge in [-0.05, 0) is 20.8 Å². The van der Waals surface area contributed by atoms with Crippen molar-refractivity contribution in [2.75, 3.05) is 13.2 Å². The zero-order valence-electron chi connectivity index (χ0n) is 10.9. The number of rotatable bonds is 5. The second-order valence-electron chi connectivity index (χ2n) is 6.10. The van der Waals surface area contributed by atoms with Crippen LogP contribution in [0.25, 0.3) is 0 Å². The third kappa shape index (κ3) is 8.52. The van der Waals surface area contributed by atoms with Crippen LogP contribution in [0.4, 0.5) is 0 Å². The molecule has 0 aliphatic heterocycles. The van der Waals surface area contributed by atoms with Crippen LogP contribution >= 0.6 is 0 Å². The molecule has 0 aromatic carbocycles. The average Bonchev–Trinajstić information content (AvgIpc) is 1.97. The zero-order chi connectivity index (χ0) is 11.4. The fourth-order valence-corrected chi connectivity index (χ4v) is 0.943. The third-order valence-corrected chi connectivity index (χ3v) is 1.88. The molecule has 1 N–H and O–H groups in total. The van der Waals surface area contributed by atoms with E-state index in [0.717, 1.165) is 13.2 Å². The first kappa shape index (κ1) is 13.9. The summed E-state index contributed by atoms with van der Waals surface area (Å²) in [5.41, 5.74) is 0.173. The maximum atomic E-state index is 5.79. The Kier molecular flexibility index (Phi) is 5.10. The maximum Gasteiger partial charge on any atom is 0.0598 e. The van der Waals surface area contributed by atoms with E-state index in [-0.39, 0.29) is 11.0 Å². The molecule has 86 valence electrons. The molecule has 0 bridgehead atoms. The Morgan fingerprint density at radius 3 is 1.93 bits per heavy atom. The highest BCUT2D eigenvalue weighted by molar-refractivity contribution is 4.74. The van der Waals surface area contributed by atoms with E-state index >= 15 is 0 Å². The van der Waals surface area contributed by atoms with Crippen molar-refractivity contribution in [1.29, 1.82) is 0 Å². The van der Waals surface area contributed by atoms with Crippen molar-refractivity contribution in [3.8, 4) is 0 Å². The van der Waals surface area contributed by atoms with Crippen molar-refractivity contribution in [2.45, 2.75) is 60.1 Å². The number of nitrogens with one attached hydrogen (secondary N) is 1. The van der Waals surface area contributed by atoms with E-state index in [1.807, 2.05) is 0 Å². The van der Waals surface area contributed by atoms with Crippen molar-refractivity contribution in [3.63, 3.8) is 0 Å². The van der Waals surface area contributed by atoms with Gasteiger partial charge in [0.25, 0.3) is 0 Å². The van der Waals surface area contributed by atoms with Crippen molar-refractivity contribution < 1.29 is 4.74 Å². The SMILES string of the molecule is CC(C)NCC(C)(C)COC(C)(C)C. The molecule has 2 nitrogen and oxygen atoms in total. The van der Waals surface area contributed by atoms with E-state index in [1.54, 1.807) is 0 Å². The summed E-state index contributed by atoms with van der Waals surface area (Å²) >= 11 is 0. The second kappa shape index (κ2) is 5.13. The predicted molar refractivity (Wildman–Crippen MR) is 62.6 cm³/mol. The molecule has 0 unspecified atom stereocenters. The zero-order valence-corrected chi connectivity index (χ0v) is 10.9. The minimum Gasteiger partial charge on any atom is -0.375 e. The highest BCUT2D eigenvalue weighted by atomic mass is 16.5. The summed E-state index contributed by atoms with van der Waals surface area (Å²) in [6.45, 7) is 16.9. The van der Waals surface area contributed by atoms with E-state index in [2.05, 4.69) is 53.8 Å². The summed E-state index contributed by atoms with van der Waals surface area (Å²) in [4.78, 5) is 0. The monoisotopic (exact) mass is 201 g/mol. The normalized spacial score (nSPS) is 13.7. The molecule has 2 heteroatoms. The molecule has 0 heterocycles. The summed E-state index contributed by atoms with van der Waals surface area (Å²) in [6, 6.07) is 0.545. The third-order valence-electron chi connectivity index (χ3n) is 1.88. The number of hydrogen-bond donors (Lipinski definition) is 1. The topological polar surface area (TPSA) is 21.3 Å². The maximum absolute atomic E-state index is 5.79. The van der Waals surface area contributed by atoms with Crippen molar-refractivity contribution in [1.82, 2.24) is 5.32 Å². The molecule has 14 heavy (non-hydrogen) atoms. The minimum atomic E-state index is -0.0326. The first-order valence-corrected chi connectivity index (χ1v) is 5.50. The van der Waals surface area contributed by atoms with Gasteiger partial charge in [0.1, 0.15) is 0 Å². The molecule has 0 fully saturated rings. The summed E-state index contributed by atoms with van der Waals surface area (Å²) < 4.78 is 5.79. The lowest BCUT2D eigenvalue weighted by atomic mass is 9.94. The summed E-state index contributed by atoms with van der Waals surface area (Å²) in [5, 5.41) is 3.44. The molecule has 0 aliphatic carbocycles. The molecule has 0 atom stereocenters. The number of hydrogen-bond acceptors (Lipinski definition) is 2. The van der Waals surface area contributed by atoms with Crippen LogP contribution in [0.2, 0.25) is 0 Å². The molecule has 0 rings (SSSR count). The first-order chi connectivity index (χ1) is 6.12. The molecular formula is C12H27NO. The quantitative estimate of drug-likeness (QED) is 0.738. The Balaban J connectivity index is 3.83. The Morgan fingerprint density at radius 2 is 1.57 bits per heavy atom. The Morgan fingerprint density at radius 1 is 1.07 bits per heavy atom. The van der Waals surface area contributed by atoms with Gasteiger partial charge in [-0.15, -0.1) is 0 Å².